The Morgan fingerprint density at radius 3 is 2.84 bits per heavy atom. The summed E-state index contributed by atoms with van der Waals surface area (Å²) in [7, 11) is 0. The number of amides is 2. The van der Waals surface area contributed by atoms with Crippen LogP contribution in [0.4, 0.5) is 4.79 Å². The van der Waals surface area contributed by atoms with E-state index >= 15 is 0 Å². The Balaban J connectivity index is 1.30. The van der Waals surface area contributed by atoms with E-state index in [0.29, 0.717) is 36.7 Å². The van der Waals surface area contributed by atoms with Crippen LogP contribution >= 0.6 is 0 Å². The van der Waals surface area contributed by atoms with E-state index in [1.54, 1.807) is 6.20 Å². The molecule has 0 aliphatic carbocycles. The number of urea groups is 1. The largest absolute Gasteiger partial charge is 0.490 e. The second-order valence-corrected chi connectivity index (χ2v) is 7.59. The Kier molecular flexibility index (Phi) is 6.75. The Bertz CT molecular complexity index is 1170. The number of para-hydroxylation sites is 1. The molecule has 1 atom stereocenters. The average molecular weight is 433 g/mol. The Hall–Kier alpha value is -3.74. The van der Waals surface area contributed by atoms with E-state index in [0.717, 1.165) is 17.8 Å². The highest BCUT2D eigenvalue weighted by atomic mass is 16.5. The molecule has 7 heteroatoms. The van der Waals surface area contributed by atoms with Gasteiger partial charge in [0.25, 0.3) is 0 Å². The molecule has 2 N–H and O–H groups in total. The van der Waals surface area contributed by atoms with E-state index in [2.05, 4.69) is 32.3 Å². The highest BCUT2D eigenvalue weighted by molar-refractivity contribution is 5.84. The molecule has 166 valence electrons. The minimum Gasteiger partial charge on any atom is -0.490 e. The molecule has 32 heavy (non-hydrogen) atoms. The lowest BCUT2D eigenvalue weighted by molar-refractivity contribution is 0.236. The van der Waals surface area contributed by atoms with Gasteiger partial charge in [-0.25, -0.2) is 9.78 Å². The van der Waals surface area contributed by atoms with Gasteiger partial charge in [0, 0.05) is 37.3 Å². The van der Waals surface area contributed by atoms with Gasteiger partial charge in [-0.15, -0.1) is 0 Å². The zero-order valence-corrected chi connectivity index (χ0v) is 18.4. The molecule has 0 radical (unpaired) electrons. The number of fused-ring (bicyclic) bond motifs is 1. The normalized spacial score (nSPS) is 11.9. The number of furan rings is 1. The number of rotatable bonds is 9. The van der Waals surface area contributed by atoms with Crippen molar-refractivity contribution in [3.05, 3.63) is 84.1 Å². The number of carbonyl (C=O) groups excluding carboxylic acids is 1. The Labute approximate surface area is 187 Å². The topological polar surface area (TPSA) is 81.3 Å². The molecular weight excluding hydrogens is 404 g/mol. The van der Waals surface area contributed by atoms with Crippen molar-refractivity contribution in [2.24, 2.45) is 0 Å². The lowest BCUT2D eigenvalue weighted by Crippen LogP contribution is -2.38. The zero-order chi connectivity index (χ0) is 22.3. The molecule has 0 spiro atoms. The predicted molar refractivity (Wildman–Crippen MR) is 124 cm³/mol. The number of ether oxygens (including phenoxy) is 1. The number of carbonyl (C=O) groups is 1. The van der Waals surface area contributed by atoms with Gasteiger partial charge in [-0.05, 0) is 31.5 Å². The van der Waals surface area contributed by atoms with Gasteiger partial charge in [-0.3, -0.25) is 0 Å². The van der Waals surface area contributed by atoms with Crippen molar-refractivity contribution < 1.29 is 13.9 Å². The van der Waals surface area contributed by atoms with Gasteiger partial charge < -0.3 is 24.4 Å². The highest BCUT2D eigenvalue weighted by Gasteiger charge is 2.16. The first-order chi connectivity index (χ1) is 15.6. The lowest BCUT2D eigenvalue weighted by atomic mass is 10.2. The van der Waals surface area contributed by atoms with Gasteiger partial charge in [0.2, 0.25) is 0 Å². The van der Waals surface area contributed by atoms with Crippen molar-refractivity contribution in [2.45, 2.75) is 32.9 Å². The molecule has 0 saturated heterocycles. The van der Waals surface area contributed by atoms with Gasteiger partial charge in [0.15, 0.2) is 11.3 Å². The van der Waals surface area contributed by atoms with Crippen LogP contribution in [0.25, 0.3) is 11.0 Å². The van der Waals surface area contributed by atoms with Crippen LogP contribution in [-0.4, -0.2) is 28.7 Å². The minimum atomic E-state index is -0.281. The second-order valence-electron chi connectivity index (χ2n) is 7.59. The van der Waals surface area contributed by atoms with Crippen LogP contribution in [0.15, 0.2) is 71.4 Å². The third-order valence-corrected chi connectivity index (χ3v) is 5.23. The highest BCUT2D eigenvalue weighted by Crippen LogP contribution is 2.31. The van der Waals surface area contributed by atoms with Gasteiger partial charge in [0.05, 0.1) is 12.6 Å². The van der Waals surface area contributed by atoms with E-state index in [-0.39, 0.29) is 12.1 Å². The quantitative estimate of drug-likeness (QED) is 0.402. The van der Waals surface area contributed by atoms with Crippen molar-refractivity contribution in [1.29, 1.82) is 0 Å². The minimum absolute atomic E-state index is 0.246. The zero-order valence-electron chi connectivity index (χ0n) is 18.4. The van der Waals surface area contributed by atoms with E-state index in [9.17, 15) is 4.79 Å². The molecule has 4 rings (SSSR count). The molecule has 0 aliphatic heterocycles. The van der Waals surface area contributed by atoms with Crippen molar-refractivity contribution in [3.63, 3.8) is 0 Å². The SMILES string of the molecule is CCOc1cccc2cc(C(C)NC(=O)NCCc3nccn3Cc3ccccc3)oc12. The smallest absolute Gasteiger partial charge is 0.315 e. The average Bonchev–Trinajstić information content (AvgIpc) is 3.42. The summed E-state index contributed by atoms with van der Waals surface area (Å²) in [6.45, 7) is 5.64. The molecule has 0 bridgehead atoms. The Morgan fingerprint density at radius 1 is 1.19 bits per heavy atom. The summed E-state index contributed by atoms with van der Waals surface area (Å²) in [5, 5.41) is 6.79. The van der Waals surface area contributed by atoms with Crippen LogP contribution < -0.4 is 15.4 Å². The number of aromatic nitrogens is 2. The molecule has 2 aromatic carbocycles. The fourth-order valence-corrected chi connectivity index (χ4v) is 3.64. The van der Waals surface area contributed by atoms with Crippen LogP contribution in [0, 0.1) is 0 Å². The van der Waals surface area contributed by atoms with E-state index in [1.807, 2.05) is 62.5 Å². The third kappa shape index (κ3) is 5.11. The van der Waals surface area contributed by atoms with Crippen molar-refractivity contribution in [3.8, 4) is 5.75 Å². The number of nitrogens with one attached hydrogen (secondary N) is 2. The third-order valence-electron chi connectivity index (χ3n) is 5.23. The van der Waals surface area contributed by atoms with Gasteiger partial charge in [-0.2, -0.15) is 0 Å². The second kappa shape index (κ2) is 10.0. The summed E-state index contributed by atoms with van der Waals surface area (Å²) in [5.74, 6) is 2.32. The van der Waals surface area contributed by atoms with Crippen LogP contribution in [0.5, 0.6) is 5.75 Å². The van der Waals surface area contributed by atoms with E-state index < -0.39 is 0 Å². The summed E-state index contributed by atoms with van der Waals surface area (Å²) in [5.41, 5.74) is 1.91. The monoisotopic (exact) mass is 432 g/mol. The molecule has 2 heterocycles. The Morgan fingerprint density at radius 2 is 2.03 bits per heavy atom. The van der Waals surface area contributed by atoms with Crippen LogP contribution in [0.1, 0.15) is 37.0 Å². The summed E-state index contributed by atoms with van der Waals surface area (Å²) >= 11 is 0. The number of nitrogens with zero attached hydrogens (tertiary/aromatic N) is 2. The molecule has 0 fully saturated rings. The van der Waals surface area contributed by atoms with Crippen molar-refractivity contribution in [1.82, 2.24) is 20.2 Å². The fraction of sp³-hybridized carbons (Fsp3) is 0.280. The molecule has 4 aromatic rings. The predicted octanol–water partition coefficient (Wildman–Crippen LogP) is 4.68. The summed E-state index contributed by atoms with van der Waals surface area (Å²) in [4.78, 5) is 16.8. The molecule has 2 amide bonds. The first kappa shape index (κ1) is 21.5. The lowest BCUT2D eigenvalue weighted by Gasteiger charge is -2.13. The van der Waals surface area contributed by atoms with Crippen LogP contribution in [0.3, 0.4) is 0 Å². The number of hydrogen-bond donors (Lipinski definition) is 2. The maximum absolute atomic E-state index is 12.4. The molecule has 1 unspecified atom stereocenters. The number of imidazole rings is 1. The summed E-state index contributed by atoms with van der Waals surface area (Å²) in [6, 6.07) is 17.4. The molecule has 2 aromatic heterocycles. The maximum atomic E-state index is 12.4. The summed E-state index contributed by atoms with van der Waals surface area (Å²) in [6.07, 6.45) is 4.39. The maximum Gasteiger partial charge on any atom is 0.315 e. The first-order valence-corrected chi connectivity index (χ1v) is 10.9. The van der Waals surface area contributed by atoms with Crippen LogP contribution in [0.2, 0.25) is 0 Å². The molecule has 0 aliphatic rings. The molecule has 7 nitrogen and oxygen atoms in total. The van der Waals surface area contributed by atoms with Gasteiger partial charge in [0.1, 0.15) is 11.6 Å². The van der Waals surface area contributed by atoms with Crippen molar-refractivity contribution in [2.75, 3.05) is 13.2 Å². The number of benzene rings is 2. The molecular formula is C25H28N4O3. The van der Waals surface area contributed by atoms with Gasteiger partial charge in [-0.1, -0.05) is 42.5 Å². The molecule has 0 saturated carbocycles. The summed E-state index contributed by atoms with van der Waals surface area (Å²) < 4.78 is 13.7. The van der Waals surface area contributed by atoms with Crippen molar-refractivity contribution >= 4 is 17.0 Å². The fourth-order valence-electron chi connectivity index (χ4n) is 3.64. The first-order valence-electron chi connectivity index (χ1n) is 10.9. The number of hydrogen-bond acceptors (Lipinski definition) is 4. The van der Waals surface area contributed by atoms with Crippen LogP contribution in [-0.2, 0) is 13.0 Å². The van der Waals surface area contributed by atoms with Gasteiger partial charge >= 0.3 is 6.03 Å². The standard InChI is InChI=1S/C25H28N4O3/c1-3-31-21-11-7-10-20-16-22(32-24(20)21)18(2)28-25(30)27-13-12-23-26-14-15-29(23)17-19-8-5-4-6-9-19/h4-11,14-16,18H,3,12-13,17H2,1-2H3,(H2,27,28,30). The van der Waals surface area contributed by atoms with E-state index in [4.69, 9.17) is 9.15 Å². The van der Waals surface area contributed by atoms with E-state index in [1.165, 1.54) is 5.56 Å².